The zero-order valence-corrected chi connectivity index (χ0v) is 21.1. The van der Waals surface area contributed by atoms with Gasteiger partial charge in [-0.05, 0) is 59.0 Å². The summed E-state index contributed by atoms with van der Waals surface area (Å²) in [5, 5.41) is 7.97. The van der Waals surface area contributed by atoms with Crippen LogP contribution < -0.4 is 5.32 Å². The fourth-order valence-corrected chi connectivity index (χ4v) is 4.85. The van der Waals surface area contributed by atoms with Crippen molar-refractivity contribution in [2.75, 3.05) is 18.4 Å². The number of piperidine rings is 1. The summed E-state index contributed by atoms with van der Waals surface area (Å²) < 4.78 is 2.65. The molecule has 0 radical (unpaired) electrons. The molecule has 1 unspecified atom stereocenters. The second kappa shape index (κ2) is 10.4. The zero-order valence-electron chi connectivity index (χ0n) is 19.6. The number of nitrogens with one attached hydrogen (secondary N) is 1. The summed E-state index contributed by atoms with van der Waals surface area (Å²) >= 11 is 3.59. The van der Waals surface area contributed by atoms with Gasteiger partial charge in [0.05, 0.1) is 16.4 Å². The number of anilines is 1. The second-order valence-electron chi connectivity index (χ2n) is 8.84. The van der Waals surface area contributed by atoms with Crippen LogP contribution in [0.3, 0.4) is 0 Å². The number of hydrogen-bond donors (Lipinski definition) is 1. The van der Waals surface area contributed by atoms with E-state index in [4.69, 9.17) is 4.98 Å². The van der Waals surface area contributed by atoms with Gasteiger partial charge in [-0.25, -0.2) is 4.98 Å². The lowest BCUT2D eigenvalue weighted by Gasteiger charge is -2.33. The quantitative estimate of drug-likeness (QED) is 0.342. The first-order valence-electron chi connectivity index (χ1n) is 11.8. The zero-order chi connectivity index (χ0) is 24.2. The molecule has 1 N–H and O–H groups in total. The van der Waals surface area contributed by atoms with E-state index >= 15 is 0 Å². The van der Waals surface area contributed by atoms with Crippen LogP contribution in [0.1, 0.15) is 42.5 Å². The summed E-state index contributed by atoms with van der Waals surface area (Å²) in [6, 6.07) is 16.0. The van der Waals surface area contributed by atoms with E-state index in [9.17, 15) is 4.79 Å². The minimum absolute atomic E-state index is 0.0834. The van der Waals surface area contributed by atoms with E-state index in [1.807, 2.05) is 71.1 Å². The predicted octanol–water partition coefficient (Wildman–Crippen LogP) is 5.31. The fraction of sp³-hybridized carbons (Fsp3) is 0.259. The van der Waals surface area contributed by atoms with Gasteiger partial charge in [0.25, 0.3) is 0 Å². The molecule has 4 aromatic rings. The van der Waals surface area contributed by atoms with E-state index in [1.54, 1.807) is 12.4 Å². The molecule has 5 rings (SSSR count). The van der Waals surface area contributed by atoms with E-state index in [1.165, 1.54) is 0 Å². The first-order valence-corrected chi connectivity index (χ1v) is 12.6. The molecule has 4 heterocycles. The Bertz CT molecular complexity index is 1350. The summed E-state index contributed by atoms with van der Waals surface area (Å²) in [5.74, 6) is 1.10. The van der Waals surface area contributed by atoms with Gasteiger partial charge in [0.15, 0.2) is 5.65 Å². The number of likely N-dealkylation sites (tertiary alicyclic amines) is 1. The van der Waals surface area contributed by atoms with Crippen molar-refractivity contribution in [1.29, 1.82) is 0 Å². The van der Waals surface area contributed by atoms with Gasteiger partial charge >= 0.3 is 0 Å². The number of pyridine rings is 1. The summed E-state index contributed by atoms with van der Waals surface area (Å²) in [6.07, 6.45) is 9.27. The Labute approximate surface area is 213 Å². The summed E-state index contributed by atoms with van der Waals surface area (Å²) in [5.41, 5.74) is 4.60. The van der Waals surface area contributed by atoms with Crippen LogP contribution in [0.25, 0.3) is 11.7 Å². The van der Waals surface area contributed by atoms with E-state index in [2.05, 4.69) is 37.4 Å². The lowest BCUT2D eigenvalue weighted by molar-refractivity contribution is -0.128. The monoisotopic (exact) mass is 530 g/mol. The molecular weight excluding hydrogens is 504 g/mol. The van der Waals surface area contributed by atoms with Crippen molar-refractivity contribution in [2.45, 2.75) is 32.2 Å². The van der Waals surface area contributed by atoms with Gasteiger partial charge in [0.1, 0.15) is 5.82 Å². The molecule has 178 valence electrons. The summed E-state index contributed by atoms with van der Waals surface area (Å²) in [6.45, 7) is 3.94. The molecule has 8 heteroatoms. The number of carbonyl (C=O) groups is 1. The Morgan fingerprint density at radius 1 is 1.20 bits per heavy atom. The standard InChI is InChI=1S/C27H27BrN6O/c1-19(13-20-7-3-2-4-8-20)27(35)33-12-6-10-22(18-33)24-14-25(30-16-21-9-5-11-29-15-21)34-26(32-24)23(28)17-31-34/h2-5,7-9,11,13-15,17,22,30H,6,10,12,16,18H2,1H3/b19-13+. The van der Waals surface area contributed by atoms with Crippen molar-refractivity contribution in [3.63, 3.8) is 0 Å². The van der Waals surface area contributed by atoms with E-state index < -0.39 is 0 Å². The van der Waals surface area contributed by atoms with Crippen molar-refractivity contribution < 1.29 is 4.79 Å². The Balaban J connectivity index is 1.38. The van der Waals surface area contributed by atoms with Gasteiger partial charge in [-0.3, -0.25) is 9.78 Å². The van der Waals surface area contributed by atoms with Crippen molar-refractivity contribution in [3.05, 3.63) is 94.0 Å². The highest BCUT2D eigenvalue weighted by molar-refractivity contribution is 9.10. The van der Waals surface area contributed by atoms with Crippen LogP contribution in [0.5, 0.6) is 0 Å². The van der Waals surface area contributed by atoms with Gasteiger partial charge < -0.3 is 10.2 Å². The largest absolute Gasteiger partial charge is 0.366 e. The van der Waals surface area contributed by atoms with Crippen LogP contribution in [0.4, 0.5) is 5.82 Å². The third-order valence-corrected chi connectivity index (χ3v) is 6.85. The lowest BCUT2D eigenvalue weighted by Crippen LogP contribution is -2.39. The molecule has 7 nitrogen and oxygen atoms in total. The Morgan fingerprint density at radius 2 is 2.06 bits per heavy atom. The van der Waals surface area contributed by atoms with Gasteiger partial charge in [-0.2, -0.15) is 9.61 Å². The van der Waals surface area contributed by atoms with Crippen LogP contribution in [-0.4, -0.2) is 43.5 Å². The molecule has 0 aliphatic carbocycles. The highest BCUT2D eigenvalue weighted by Gasteiger charge is 2.27. The number of hydrogen-bond acceptors (Lipinski definition) is 5. The number of fused-ring (bicyclic) bond motifs is 1. The molecule has 0 saturated carbocycles. The van der Waals surface area contributed by atoms with E-state index in [0.717, 1.165) is 57.7 Å². The number of rotatable bonds is 6. The Morgan fingerprint density at radius 3 is 2.86 bits per heavy atom. The van der Waals surface area contributed by atoms with Crippen molar-refractivity contribution in [3.8, 4) is 0 Å². The van der Waals surface area contributed by atoms with Gasteiger partial charge in [0, 0.05) is 49.6 Å². The maximum atomic E-state index is 13.2. The third kappa shape index (κ3) is 5.27. The average molecular weight is 531 g/mol. The number of amides is 1. The molecule has 0 spiro atoms. The topological polar surface area (TPSA) is 75.4 Å². The van der Waals surface area contributed by atoms with Crippen LogP contribution in [0.15, 0.2) is 77.2 Å². The third-order valence-electron chi connectivity index (χ3n) is 6.29. The highest BCUT2D eigenvalue weighted by Crippen LogP contribution is 2.30. The lowest BCUT2D eigenvalue weighted by atomic mass is 9.93. The van der Waals surface area contributed by atoms with Gasteiger partial charge in [-0.1, -0.05) is 36.4 Å². The van der Waals surface area contributed by atoms with Crippen LogP contribution in [0, 0.1) is 0 Å². The first-order chi connectivity index (χ1) is 17.1. The molecule has 1 saturated heterocycles. The summed E-state index contributed by atoms with van der Waals surface area (Å²) in [7, 11) is 0. The van der Waals surface area contributed by atoms with Crippen LogP contribution in [0.2, 0.25) is 0 Å². The molecule has 1 amide bonds. The molecular formula is C27H27BrN6O. The molecule has 1 aliphatic rings. The fourth-order valence-electron chi connectivity index (χ4n) is 4.50. The SMILES string of the molecule is C/C(=C\c1ccccc1)C(=O)N1CCCC(c2cc(NCc3cccnc3)n3ncc(Br)c3n2)C1. The molecule has 1 atom stereocenters. The van der Waals surface area contributed by atoms with E-state index in [-0.39, 0.29) is 11.8 Å². The van der Waals surface area contributed by atoms with Crippen molar-refractivity contribution in [1.82, 2.24) is 24.5 Å². The Kier molecular flexibility index (Phi) is 6.90. The maximum absolute atomic E-state index is 13.2. The number of carbonyl (C=O) groups excluding carboxylic acids is 1. The number of benzene rings is 1. The predicted molar refractivity (Wildman–Crippen MR) is 141 cm³/mol. The second-order valence-corrected chi connectivity index (χ2v) is 9.69. The minimum Gasteiger partial charge on any atom is -0.366 e. The van der Waals surface area contributed by atoms with E-state index in [0.29, 0.717) is 13.1 Å². The summed E-state index contributed by atoms with van der Waals surface area (Å²) in [4.78, 5) is 24.3. The first kappa shape index (κ1) is 23.2. The molecule has 3 aromatic heterocycles. The normalized spacial score (nSPS) is 16.5. The van der Waals surface area contributed by atoms with Crippen molar-refractivity contribution >= 4 is 39.4 Å². The number of halogens is 1. The molecule has 1 aromatic carbocycles. The number of nitrogens with zero attached hydrogens (tertiary/aromatic N) is 5. The molecule has 1 fully saturated rings. The van der Waals surface area contributed by atoms with Crippen molar-refractivity contribution in [2.24, 2.45) is 0 Å². The smallest absolute Gasteiger partial charge is 0.249 e. The minimum atomic E-state index is 0.0834. The van der Waals surface area contributed by atoms with Gasteiger partial charge in [-0.15, -0.1) is 0 Å². The molecule has 1 aliphatic heterocycles. The van der Waals surface area contributed by atoms with Gasteiger partial charge in [0.2, 0.25) is 5.91 Å². The maximum Gasteiger partial charge on any atom is 0.249 e. The molecule has 35 heavy (non-hydrogen) atoms. The number of aromatic nitrogens is 4. The highest BCUT2D eigenvalue weighted by atomic mass is 79.9. The van der Waals surface area contributed by atoms with Crippen LogP contribution >= 0.6 is 15.9 Å². The average Bonchev–Trinajstić information content (AvgIpc) is 3.28. The Hall–Kier alpha value is -3.52. The van der Waals surface area contributed by atoms with Crippen LogP contribution in [-0.2, 0) is 11.3 Å². The molecule has 0 bridgehead atoms.